The maximum absolute atomic E-state index is 12.6. The zero-order valence-electron chi connectivity index (χ0n) is 13.2. The number of nitrogens with zero attached hydrogens (tertiary/aromatic N) is 1. The van der Waals surface area contributed by atoms with Gasteiger partial charge in [-0.3, -0.25) is 4.79 Å². The van der Waals surface area contributed by atoms with Crippen LogP contribution in [0.3, 0.4) is 0 Å². The molecular formula is C18H19ClN2OS2. The molecule has 3 saturated heterocycles. The van der Waals surface area contributed by atoms with Crippen LogP contribution in [-0.4, -0.2) is 36.5 Å². The summed E-state index contributed by atoms with van der Waals surface area (Å²) in [5.74, 6) is 0.718. The van der Waals surface area contributed by atoms with E-state index in [0.717, 1.165) is 25.5 Å². The molecule has 0 aliphatic carbocycles. The van der Waals surface area contributed by atoms with E-state index >= 15 is 0 Å². The Hall–Kier alpha value is -1.01. The van der Waals surface area contributed by atoms with Gasteiger partial charge in [0.1, 0.15) is 0 Å². The van der Waals surface area contributed by atoms with Crippen LogP contribution in [0.4, 0.5) is 0 Å². The Kier molecular flexibility index (Phi) is 4.86. The average molecular weight is 379 g/mol. The lowest BCUT2D eigenvalue weighted by Crippen LogP contribution is -2.57. The molecular weight excluding hydrogens is 360 g/mol. The maximum Gasteiger partial charge on any atom is 0.261 e. The Balaban J connectivity index is 1.40. The first kappa shape index (κ1) is 16.5. The summed E-state index contributed by atoms with van der Waals surface area (Å²) in [4.78, 5) is 16.9. The Morgan fingerprint density at radius 2 is 2.08 bits per heavy atom. The third kappa shape index (κ3) is 3.64. The maximum atomic E-state index is 12.6. The lowest BCUT2D eigenvalue weighted by molar-refractivity contribution is 0.0622. The number of carbonyl (C=O) groups excluding carboxylic acids is 1. The van der Waals surface area contributed by atoms with E-state index in [-0.39, 0.29) is 5.91 Å². The van der Waals surface area contributed by atoms with Gasteiger partial charge in [-0.05, 0) is 62.2 Å². The highest BCUT2D eigenvalue weighted by Crippen LogP contribution is 2.35. The number of hydrogen-bond donors (Lipinski definition) is 1. The lowest BCUT2D eigenvalue weighted by Gasteiger charge is -2.44. The van der Waals surface area contributed by atoms with E-state index < -0.39 is 0 Å². The van der Waals surface area contributed by atoms with E-state index in [4.69, 9.17) is 11.6 Å². The third-order valence-electron chi connectivity index (χ3n) is 4.79. The van der Waals surface area contributed by atoms with Crippen molar-refractivity contribution in [3.05, 3.63) is 46.3 Å². The normalized spacial score (nSPS) is 25.6. The van der Waals surface area contributed by atoms with Gasteiger partial charge in [0, 0.05) is 22.5 Å². The van der Waals surface area contributed by atoms with Crippen LogP contribution < -0.4 is 5.32 Å². The summed E-state index contributed by atoms with van der Waals surface area (Å²) < 4.78 is 1.11. The molecule has 1 atom stereocenters. The second kappa shape index (κ2) is 7.08. The molecule has 24 heavy (non-hydrogen) atoms. The minimum absolute atomic E-state index is 0.0664. The van der Waals surface area contributed by atoms with Crippen LogP contribution in [0, 0.1) is 5.92 Å². The number of hydrogen-bond acceptors (Lipinski definition) is 4. The van der Waals surface area contributed by atoms with Crippen molar-refractivity contribution >= 4 is 40.6 Å². The number of piperidine rings is 3. The Labute approximate surface area is 155 Å². The number of carbonyl (C=O) groups is 1. The minimum atomic E-state index is 0.0664. The van der Waals surface area contributed by atoms with E-state index in [2.05, 4.69) is 10.2 Å². The van der Waals surface area contributed by atoms with Gasteiger partial charge in [-0.2, -0.15) is 0 Å². The molecule has 5 rings (SSSR count). The summed E-state index contributed by atoms with van der Waals surface area (Å²) in [6.07, 6.45) is 2.43. The topological polar surface area (TPSA) is 32.3 Å². The zero-order chi connectivity index (χ0) is 16.5. The van der Waals surface area contributed by atoms with E-state index in [1.807, 2.05) is 36.4 Å². The molecule has 3 aliphatic heterocycles. The summed E-state index contributed by atoms with van der Waals surface area (Å²) in [6.45, 7) is 3.39. The highest BCUT2D eigenvalue weighted by atomic mass is 35.5. The van der Waals surface area contributed by atoms with Crippen molar-refractivity contribution in [2.45, 2.75) is 28.0 Å². The highest BCUT2D eigenvalue weighted by Gasteiger charge is 2.35. The molecule has 2 bridgehead atoms. The van der Waals surface area contributed by atoms with E-state index in [0.29, 0.717) is 12.0 Å². The predicted octanol–water partition coefficient (Wildman–Crippen LogP) is 4.38. The van der Waals surface area contributed by atoms with Crippen LogP contribution in [0.25, 0.3) is 0 Å². The summed E-state index contributed by atoms with van der Waals surface area (Å²) in [5, 5.41) is 3.99. The first-order chi connectivity index (χ1) is 11.7. The van der Waals surface area contributed by atoms with E-state index in [1.165, 1.54) is 25.9 Å². The SMILES string of the molecule is O=C(N[C@H]1CN2CCC1CC2)c1ccc(Sc2cccc(Cl)c2)s1. The molecule has 4 heterocycles. The molecule has 3 nitrogen and oxygen atoms in total. The first-order valence-electron chi connectivity index (χ1n) is 8.24. The fourth-order valence-corrected chi connectivity index (χ4v) is 5.83. The van der Waals surface area contributed by atoms with Gasteiger partial charge in [0.2, 0.25) is 0 Å². The molecule has 3 aliphatic rings. The van der Waals surface area contributed by atoms with Crippen LogP contribution >= 0.6 is 34.7 Å². The molecule has 1 aromatic heterocycles. The van der Waals surface area contributed by atoms with Crippen LogP contribution in [0.2, 0.25) is 5.02 Å². The smallest absolute Gasteiger partial charge is 0.261 e. The number of amides is 1. The fraction of sp³-hybridized carbons (Fsp3) is 0.389. The molecule has 0 unspecified atom stereocenters. The Morgan fingerprint density at radius 3 is 2.79 bits per heavy atom. The number of nitrogens with one attached hydrogen (secondary N) is 1. The second-order valence-electron chi connectivity index (χ2n) is 6.40. The van der Waals surface area contributed by atoms with Crippen LogP contribution in [0.5, 0.6) is 0 Å². The van der Waals surface area contributed by atoms with Gasteiger partial charge in [-0.1, -0.05) is 29.4 Å². The molecule has 1 N–H and O–H groups in total. The summed E-state index contributed by atoms with van der Waals surface area (Å²) in [7, 11) is 0. The highest BCUT2D eigenvalue weighted by molar-refractivity contribution is 8.01. The van der Waals surface area contributed by atoms with Gasteiger partial charge in [0.25, 0.3) is 5.91 Å². The molecule has 0 radical (unpaired) electrons. The average Bonchev–Trinajstić information content (AvgIpc) is 3.05. The largest absolute Gasteiger partial charge is 0.347 e. The van der Waals surface area contributed by atoms with Gasteiger partial charge < -0.3 is 10.2 Å². The van der Waals surface area contributed by atoms with Crippen molar-refractivity contribution in [3.63, 3.8) is 0 Å². The summed E-state index contributed by atoms with van der Waals surface area (Å²) in [6, 6.07) is 12.0. The molecule has 126 valence electrons. The molecule has 1 aromatic carbocycles. The minimum Gasteiger partial charge on any atom is -0.347 e. The molecule has 1 amide bonds. The number of rotatable bonds is 4. The van der Waals surface area contributed by atoms with Gasteiger partial charge in [0.05, 0.1) is 9.09 Å². The second-order valence-corrected chi connectivity index (χ2v) is 9.29. The van der Waals surface area contributed by atoms with Crippen molar-refractivity contribution in [1.82, 2.24) is 10.2 Å². The van der Waals surface area contributed by atoms with Crippen LogP contribution in [-0.2, 0) is 0 Å². The summed E-state index contributed by atoms with van der Waals surface area (Å²) in [5.41, 5.74) is 0. The third-order valence-corrected chi connectivity index (χ3v) is 7.23. The number of thiophene rings is 1. The first-order valence-corrected chi connectivity index (χ1v) is 10.2. The quantitative estimate of drug-likeness (QED) is 0.857. The van der Waals surface area contributed by atoms with Gasteiger partial charge in [-0.25, -0.2) is 0 Å². The Morgan fingerprint density at radius 1 is 1.25 bits per heavy atom. The molecule has 0 spiro atoms. The molecule has 2 aromatic rings. The summed E-state index contributed by atoms with van der Waals surface area (Å²) >= 11 is 9.22. The van der Waals surface area contributed by atoms with Crippen molar-refractivity contribution in [2.24, 2.45) is 5.92 Å². The molecule has 0 saturated carbocycles. The van der Waals surface area contributed by atoms with Crippen molar-refractivity contribution in [1.29, 1.82) is 0 Å². The number of halogens is 1. The Bertz CT molecular complexity index is 740. The standard InChI is InChI=1S/C18H19ClN2OS2/c19-13-2-1-3-14(10-13)23-17-5-4-16(24-17)18(22)20-15-11-21-8-6-12(15)7-9-21/h1-5,10,12,15H,6-9,11H2,(H,20,22)/t15-/m0/s1. The molecule has 3 fully saturated rings. The predicted molar refractivity (Wildman–Crippen MR) is 100 cm³/mol. The van der Waals surface area contributed by atoms with Crippen molar-refractivity contribution in [3.8, 4) is 0 Å². The monoisotopic (exact) mass is 378 g/mol. The van der Waals surface area contributed by atoms with E-state index in [9.17, 15) is 4.79 Å². The zero-order valence-corrected chi connectivity index (χ0v) is 15.6. The van der Waals surface area contributed by atoms with Crippen molar-refractivity contribution in [2.75, 3.05) is 19.6 Å². The van der Waals surface area contributed by atoms with Gasteiger partial charge in [0.15, 0.2) is 0 Å². The van der Waals surface area contributed by atoms with Crippen molar-refractivity contribution < 1.29 is 4.79 Å². The fourth-order valence-electron chi connectivity index (χ4n) is 3.51. The van der Waals surface area contributed by atoms with Gasteiger partial charge >= 0.3 is 0 Å². The van der Waals surface area contributed by atoms with Crippen LogP contribution in [0.1, 0.15) is 22.5 Å². The van der Waals surface area contributed by atoms with Crippen LogP contribution in [0.15, 0.2) is 45.5 Å². The molecule has 6 heteroatoms. The number of fused-ring (bicyclic) bond motifs is 3. The number of benzene rings is 1. The lowest BCUT2D eigenvalue weighted by atomic mass is 9.84. The van der Waals surface area contributed by atoms with E-state index in [1.54, 1.807) is 23.1 Å². The van der Waals surface area contributed by atoms with Gasteiger partial charge in [-0.15, -0.1) is 11.3 Å².